The van der Waals surface area contributed by atoms with E-state index in [1.165, 1.54) is 6.42 Å². The second kappa shape index (κ2) is 8.54. The first-order valence-electron chi connectivity index (χ1n) is 12.8. The minimum Gasteiger partial charge on any atom is -0.454 e. The molecule has 0 spiro atoms. The predicted octanol–water partition coefficient (Wildman–Crippen LogP) is 4.12. The van der Waals surface area contributed by atoms with E-state index in [4.69, 9.17) is 9.47 Å². The Bertz CT molecular complexity index is 1350. The Kier molecular flexibility index (Phi) is 5.43. The number of aromatic nitrogens is 2. The Morgan fingerprint density at radius 3 is 2.81 bits per heavy atom. The summed E-state index contributed by atoms with van der Waals surface area (Å²) in [5.74, 6) is 2.27. The third-order valence-corrected chi connectivity index (χ3v) is 8.44. The maximum atomic E-state index is 14.1. The van der Waals surface area contributed by atoms with Gasteiger partial charge >= 0.3 is 0 Å². The number of ether oxygens (including phenoxy) is 2. The molecule has 4 atom stereocenters. The highest BCUT2D eigenvalue weighted by Gasteiger charge is 2.49. The number of carbonyl (C=O) groups is 2. The number of fused-ring (bicyclic) bond motifs is 4. The minimum absolute atomic E-state index is 0.0986. The summed E-state index contributed by atoms with van der Waals surface area (Å²) in [5, 5.41) is 3.35. The van der Waals surface area contributed by atoms with Gasteiger partial charge in [0.1, 0.15) is 5.54 Å². The van der Waals surface area contributed by atoms with Gasteiger partial charge in [-0.15, -0.1) is 0 Å². The van der Waals surface area contributed by atoms with E-state index in [1.54, 1.807) is 4.90 Å². The first-order valence-corrected chi connectivity index (χ1v) is 12.8. The van der Waals surface area contributed by atoms with Crippen LogP contribution in [0.5, 0.6) is 11.5 Å². The summed E-state index contributed by atoms with van der Waals surface area (Å²) in [6.07, 6.45) is 3.25. The molecule has 4 unspecified atom stereocenters. The molecule has 1 fully saturated rings. The van der Waals surface area contributed by atoms with Crippen LogP contribution in [0.3, 0.4) is 0 Å². The monoisotopic (exact) mass is 488 g/mol. The SMILES string of the molecule is CC1CCCC(NC(=O)C2(C)Cn3c(nc4ccccc43)C(=O)N2Cc2ccc3c(c2)OCO3)C1C. The molecule has 3 aromatic rings. The second-order valence-corrected chi connectivity index (χ2v) is 10.7. The van der Waals surface area contributed by atoms with Crippen molar-refractivity contribution in [2.24, 2.45) is 11.8 Å². The lowest BCUT2D eigenvalue weighted by Crippen LogP contribution is -2.65. The lowest BCUT2D eigenvalue weighted by molar-refractivity contribution is -0.134. The Balaban J connectivity index is 1.38. The van der Waals surface area contributed by atoms with Gasteiger partial charge in [-0.05, 0) is 55.0 Å². The first kappa shape index (κ1) is 22.9. The van der Waals surface area contributed by atoms with Crippen molar-refractivity contribution in [1.29, 1.82) is 0 Å². The van der Waals surface area contributed by atoms with Gasteiger partial charge < -0.3 is 24.3 Å². The molecule has 8 heteroatoms. The van der Waals surface area contributed by atoms with E-state index in [0.717, 1.165) is 29.4 Å². The fraction of sp³-hybridized carbons (Fsp3) is 0.464. The zero-order chi connectivity index (χ0) is 25.0. The molecule has 0 bridgehead atoms. The molecule has 1 aliphatic carbocycles. The molecular weight excluding hydrogens is 456 g/mol. The minimum atomic E-state index is -1.09. The normalized spacial score (nSPS) is 27.2. The van der Waals surface area contributed by atoms with Gasteiger partial charge in [-0.2, -0.15) is 0 Å². The molecule has 2 aliphatic heterocycles. The van der Waals surface area contributed by atoms with Crippen molar-refractivity contribution in [2.45, 2.75) is 64.7 Å². The smallest absolute Gasteiger partial charge is 0.291 e. The molecule has 2 amide bonds. The molecule has 8 nitrogen and oxygen atoms in total. The lowest BCUT2D eigenvalue weighted by Gasteiger charge is -2.45. The fourth-order valence-electron chi connectivity index (χ4n) is 5.91. The fourth-order valence-corrected chi connectivity index (χ4v) is 5.91. The van der Waals surface area contributed by atoms with E-state index in [2.05, 4.69) is 24.1 Å². The maximum Gasteiger partial charge on any atom is 0.291 e. The summed E-state index contributed by atoms with van der Waals surface area (Å²) in [6.45, 7) is 7.13. The summed E-state index contributed by atoms with van der Waals surface area (Å²) >= 11 is 0. The van der Waals surface area contributed by atoms with Crippen molar-refractivity contribution in [2.75, 3.05) is 6.79 Å². The van der Waals surface area contributed by atoms with Crippen molar-refractivity contribution in [3.8, 4) is 11.5 Å². The molecule has 1 N–H and O–H groups in total. The van der Waals surface area contributed by atoms with Gasteiger partial charge in [-0.25, -0.2) is 4.98 Å². The number of benzene rings is 2. The van der Waals surface area contributed by atoms with Crippen LogP contribution >= 0.6 is 0 Å². The number of nitrogens with one attached hydrogen (secondary N) is 1. The molecule has 1 aromatic heterocycles. The van der Waals surface area contributed by atoms with Gasteiger partial charge in [0.25, 0.3) is 5.91 Å². The molecule has 0 radical (unpaired) electrons. The van der Waals surface area contributed by atoms with Crippen LogP contribution in [-0.2, 0) is 17.9 Å². The van der Waals surface area contributed by atoms with Crippen molar-refractivity contribution in [1.82, 2.24) is 19.8 Å². The van der Waals surface area contributed by atoms with Gasteiger partial charge in [-0.3, -0.25) is 9.59 Å². The van der Waals surface area contributed by atoms with E-state index in [0.29, 0.717) is 35.7 Å². The van der Waals surface area contributed by atoms with Crippen molar-refractivity contribution in [3.63, 3.8) is 0 Å². The van der Waals surface area contributed by atoms with Crippen LogP contribution in [0.2, 0.25) is 0 Å². The largest absolute Gasteiger partial charge is 0.454 e. The highest BCUT2D eigenvalue weighted by molar-refractivity contribution is 6.01. The quantitative estimate of drug-likeness (QED) is 0.597. The van der Waals surface area contributed by atoms with Crippen LogP contribution < -0.4 is 14.8 Å². The molecule has 188 valence electrons. The summed E-state index contributed by atoms with van der Waals surface area (Å²) in [4.78, 5) is 34.3. The number of amides is 2. The standard InChI is InChI=1S/C28H32N4O4/c1-17-7-6-9-20(18(17)2)30-27(34)28(3)15-31-22-10-5-4-8-21(22)29-25(31)26(33)32(28)14-19-11-12-23-24(13-19)36-16-35-23/h4-5,8,10-13,17-18,20H,6-7,9,14-16H2,1-3H3,(H,30,34). The lowest BCUT2D eigenvalue weighted by atomic mass is 9.77. The highest BCUT2D eigenvalue weighted by Crippen LogP contribution is 2.36. The summed E-state index contributed by atoms with van der Waals surface area (Å²) < 4.78 is 12.9. The Morgan fingerprint density at radius 1 is 1.14 bits per heavy atom. The Labute approximate surface area is 210 Å². The summed E-state index contributed by atoms with van der Waals surface area (Å²) in [6, 6.07) is 13.5. The Hall–Kier alpha value is -3.55. The topological polar surface area (TPSA) is 85.7 Å². The third kappa shape index (κ3) is 3.62. The van der Waals surface area contributed by atoms with Crippen LogP contribution in [-0.4, -0.2) is 44.6 Å². The zero-order valence-corrected chi connectivity index (χ0v) is 21.0. The van der Waals surface area contributed by atoms with Crippen molar-refractivity contribution in [3.05, 3.63) is 53.9 Å². The predicted molar refractivity (Wildman–Crippen MR) is 135 cm³/mol. The number of para-hydroxylation sites is 2. The number of rotatable bonds is 4. The molecule has 2 aromatic carbocycles. The number of nitrogens with zero attached hydrogens (tertiary/aromatic N) is 3. The molecule has 36 heavy (non-hydrogen) atoms. The Morgan fingerprint density at radius 2 is 1.94 bits per heavy atom. The number of hydrogen-bond acceptors (Lipinski definition) is 5. The molecule has 1 saturated carbocycles. The van der Waals surface area contributed by atoms with E-state index in [-0.39, 0.29) is 31.2 Å². The second-order valence-electron chi connectivity index (χ2n) is 10.7. The number of hydrogen-bond donors (Lipinski definition) is 1. The number of imidazole rings is 1. The molecule has 3 aliphatic rings. The highest BCUT2D eigenvalue weighted by atomic mass is 16.7. The van der Waals surface area contributed by atoms with Crippen LogP contribution in [0.25, 0.3) is 11.0 Å². The summed E-state index contributed by atoms with van der Waals surface area (Å²) in [5.41, 5.74) is 1.39. The van der Waals surface area contributed by atoms with E-state index < -0.39 is 5.54 Å². The van der Waals surface area contributed by atoms with Crippen LogP contribution in [0.15, 0.2) is 42.5 Å². The van der Waals surface area contributed by atoms with Gasteiger partial charge in [-0.1, -0.05) is 44.9 Å². The van der Waals surface area contributed by atoms with Crippen LogP contribution in [0.1, 0.15) is 56.2 Å². The van der Waals surface area contributed by atoms with Gasteiger partial charge in [0.2, 0.25) is 12.7 Å². The molecular formula is C28H32N4O4. The first-order chi connectivity index (χ1) is 17.3. The van der Waals surface area contributed by atoms with E-state index >= 15 is 0 Å². The van der Waals surface area contributed by atoms with Gasteiger partial charge in [0.15, 0.2) is 17.3 Å². The van der Waals surface area contributed by atoms with Crippen LogP contribution in [0.4, 0.5) is 0 Å². The van der Waals surface area contributed by atoms with Crippen molar-refractivity contribution < 1.29 is 19.1 Å². The third-order valence-electron chi connectivity index (χ3n) is 8.44. The molecule has 6 rings (SSSR count). The maximum absolute atomic E-state index is 14.1. The van der Waals surface area contributed by atoms with Crippen LogP contribution in [0, 0.1) is 11.8 Å². The van der Waals surface area contributed by atoms with E-state index in [9.17, 15) is 9.59 Å². The zero-order valence-electron chi connectivity index (χ0n) is 21.0. The van der Waals surface area contributed by atoms with Gasteiger partial charge in [0.05, 0.1) is 17.6 Å². The van der Waals surface area contributed by atoms with Crippen molar-refractivity contribution >= 4 is 22.8 Å². The number of carbonyl (C=O) groups excluding carboxylic acids is 2. The summed E-state index contributed by atoms with van der Waals surface area (Å²) in [7, 11) is 0. The molecule has 3 heterocycles. The van der Waals surface area contributed by atoms with Gasteiger partial charge in [0, 0.05) is 12.6 Å². The van der Waals surface area contributed by atoms with E-state index in [1.807, 2.05) is 54.0 Å². The average Bonchev–Trinajstić information content (AvgIpc) is 3.49. The molecule has 0 saturated heterocycles. The average molecular weight is 489 g/mol.